The zero-order chi connectivity index (χ0) is 15.1. The molecule has 1 unspecified atom stereocenters. The Labute approximate surface area is 134 Å². The fourth-order valence-corrected chi connectivity index (χ4v) is 3.61. The number of hydrogen-bond acceptors (Lipinski definition) is 4. The lowest BCUT2D eigenvalue weighted by atomic mass is 10.0. The van der Waals surface area contributed by atoms with Gasteiger partial charge in [0.2, 0.25) is 0 Å². The Kier molecular flexibility index (Phi) is 6.66. The third-order valence-corrected chi connectivity index (χ3v) is 5.43. The van der Waals surface area contributed by atoms with Crippen molar-refractivity contribution >= 4 is 39.5 Å². The van der Waals surface area contributed by atoms with Gasteiger partial charge in [-0.3, -0.25) is 4.99 Å². The van der Waals surface area contributed by atoms with E-state index in [0.717, 1.165) is 50.5 Å². The van der Waals surface area contributed by atoms with E-state index < -0.39 is 0 Å². The standard InChI is InChI=1S/C15H22BN2OPS/c1-17-15-14(18-13(16)10-20-15)11-6-3-4-7-12(11)19-8-5-9-21-2/h3-4,6-7,17,20H,5,8-10,16H2,1-2H3. The first-order chi connectivity index (χ1) is 10.3. The van der Waals surface area contributed by atoms with E-state index in [1.165, 1.54) is 11.0 Å². The van der Waals surface area contributed by atoms with Crippen LogP contribution in [-0.2, 0) is 0 Å². The predicted octanol–water partition coefficient (Wildman–Crippen LogP) is 2.39. The van der Waals surface area contributed by atoms with E-state index in [4.69, 9.17) is 9.73 Å². The molecule has 6 heteroatoms. The van der Waals surface area contributed by atoms with Gasteiger partial charge in [-0.05, 0) is 42.3 Å². The monoisotopic (exact) mass is 320 g/mol. The fraction of sp³-hybridized carbons (Fsp3) is 0.400. The van der Waals surface area contributed by atoms with Crippen LogP contribution in [0, 0.1) is 0 Å². The predicted molar refractivity (Wildman–Crippen MR) is 100 cm³/mol. The Morgan fingerprint density at radius 3 is 3.00 bits per heavy atom. The maximum atomic E-state index is 5.98. The average Bonchev–Trinajstić information content (AvgIpc) is 2.52. The Hall–Kier alpha value is -0.925. The van der Waals surface area contributed by atoms with Crippen LogP contribution in [0.1, 0.15) is 12.0 Å². The molecule has 0 spiro atoms. The van der Waals surface area contributed by atoms with Gasteiger partial charge < -0.3 is 10.1 Å². The highest BCUT2D eigenvalue weighted by atomic mass is 32.2. The molecule has 0 bridgehead atoms. The molecule has 1 atom stereocenters. The summed E-state index contributed by atoms with van der Waals surface area (Å²) in [6.07, 6.45) is 4.24. The van der Waals surface area contributed by atoms with E-state index >= 15 is 0 Å². The molecule has 1 aromatic carbocycles. The van der Waals surface area contributed by atoms with Crippen LogP contribution in [-0.4, -0.2) is 45.3 Å². The minimum atomic E-state index is 0.755. The molecule has 1 heterocycles. The highest BCUT2D eigenvalue weighted by Crippen LogP contribution is 2.37. The highest BCUT2D eigenvalue weighted by molar-refractivity contribution is 7.98. The van der Waals surface area contributed by atoms with Crippen molar-refractivity contribution in [1.29, 1.82) is 0 Å². The summed E-state index contributed by atoms with van der Waals surface area (Å²) in [5.41, 5.74) is 4.55. The van der Waals surface area contributed by atoms with Crippen molar-refractivity contribution in [1.82, 2.24) is 5.32 Å². The number of benzene rings is 1. The van der Waals surface area contributed by atoms with E-state index in [0.29, 0.717) is 0 Å². The minimum Gasteiger partial charge on any atom is -0.493 e. The van der Waals surface area contributed by atoms with E-state index in [9.17, 15) is 0 Å². The Morgan fingerprint density at radius 2 is 2.24 bits per heavy atom. The van der Waals surface area contributed by atoms with Crippen LogP contribution >= 0.6 is 20.3 Å². The maximum absolute atomic E-state index is 5.98. The van der Waals surface area contributed by atoms with Crippen LogP contribution in [0.15, 0.2) is 34.7 Å². The fourth-order valence-electron chi connectivity index (χ4n) is 2.16. The van der Waals surface area contributed by atoms with Gasteiger partial charge in [0.1, 0.15) is 5.75 Å². The van der Waals surface area contributed by atoms with Crippen LogP contribution in [0.3, 0.4) is 0 Å². The molecular formula is C15H22BN2OPS. The van der Waals surface area contributed by atoms with Crippen molar-refractivity contribution in [2.45, 2.75) is 6.42 Å². The van der Waals surface area contributed by atoms with Gasteiger partial charge in [-0.15, -0.1) is 0 Å². The van der Waals surface area contributed by atoms with Gasteiger partial charge in [0.15, 0.2) is 7.85 Å². The second-order valence-corrected chi connectivity index (χ2v) is 7.06. The molecule has 3 nitrogen and oxygen atoms in total. The summed E-state index contributed by atoms with van der Waals surface area (Å²) in [4.78, 5) is 4.77. The molecule has 1 aromatic rings. The Bertz CT molecular complexity index is 548. The largest absolute Gasteiger partial charge is 0.493 e. The first-order valence-electron chi connectivity index (χ1n) is 7.17. The van der Waals surface area contributed by atoms with Crippen LogP contribution < -0.4 is 10.1 Å². The normalized spacial score (nSPS) is 16.0. The molecule has 0 saturated carbocycles. The molecule has 0 radical (unpaired) electrons. The molecule has 2 rings (SSSR count). The van der Waals surface area contributed by atoms with Crippen LogP contribution in [0.2, 0.25) is 0 Å². The topological polar surface area (TPSA) is 33.6 Å². The molecule has 1 N–H and O–H groups in total. The zero-order valence-electron chi connectivity index (χ0n) is 12.9. The number of hydrogen-bond donors (Lipinski definition) is 1. The summed E-state index contributed by atoms with van der Waals surface area (Å²) in [6, 6.07) is 8.21. The molecule has 0 saturated heterocycles. The second-order valence-electron chi connectivity index (χ2n) is 4.87. The number of para-hydroxylation sites is 1. The van der Waals surface area contributed by atoms with E-state index in [1.807, 2.05) is 37.0 Å². The van der Waals surface area contributed by atoms with Crippen molar-refractivity contribution in [3.05, 3.63) is 35.3 Å². The molecule has 0 amide bonds. The van der Waals surface area contributed by atoms with Gasteiger partial charge in [-0.25, -0.2) is 0 Å². The summed E-state index contributed by atoms with van der Waals surface area (Å²) in [5, 5.41) is 3.30. The molecule has 0 aliphatic carbocycles. The van der Waals surface area contributed by atoms with E-state index in [1.54, 1.807) is 0 Å². The lowest BCUT2D eigenvalue weighted by molar-refractivity contribution is 0.318. The highest BCUT2D eigenvalue weighted by Gasteiger charge is 2.16. The third kappa shape index (κ3) is 4.52. The molecule has 0 aromatic heterocycles. The van der Waals surface area contributed by atoms with Crippen LogP contribution in [0.4, 0.5) is 0 Å². The van der Waals surface area contributed by atoms with Crippen molar-refractivity contribution in [3.63, 3.8) is 0 Å². The number of ether oxygens (including phenoxy) is 1. The first-order valence-corrected chi connectivity index (χ1v) is 9.77. The molecule has 21 heavy (non-hydrogen) atoms. The number of nitrogens with zero attached hydrogens (tertiary/aromatic N) is 1. The quantitative estimate of drug-likeness (QED) is 0.476. The minimum absolute atomic E-state index is 0.755. The van der Waals surface area contributed by atoms with Crippen LogP contribution in [0.25, 0.3) is 5.70 Å². The lowest BCUT2D eigenvalue weighted by Crippen LogP contribution is -2.14. The van der Waals surface area contributed by atoms with Gasteiger partial charge in [0.25, 0.3) is 0 Å². The SMILES string of the molecule is BC1=NC(c2ccccc2OCCCSC)=C(NC)PC1. The van der Waals surface area contributed by atoms with Gasteiger partial charge in [-0.1, -0.05) is 20.7 Å². The lowest BCUT2D eigenvalue weighted by Gasteiger charge is -2.20. The summed E-state index contributed by atoms with van der Waals surface area (Å²) in [5.74, 6) is 2.07. The van der Waals surface area contributed by atoms with Gasteiger partial charge in [0, 0.05) is 12.6 Å². The number of aliphatic imine (C=N–C) groups is 1. The van der Waals surface area contributed by atoms with Crippen molar-refractivity contribution in [2.75, 3.05) is 31.8 Å². The molecular weight excluding hydrogens is 298 g/mol. The number of nitrogens with one attached hydrogen (secondary N) is 1. The molecule has 1 aliphatic heterocycles. The van der Waals surface area contributed by atoms with Crippen molar-refractivity contribution in [3.8, 4) is 5.75 Å². The zero-order valence-corrected chi connectivity index (χ0v) is 14.7. The second kappa shape index (κ2) is 8.50. The van der Waals surface area contributed by atoms with Crippen LogP contribution in [0.5, 0.6) is 5.75 Å². The van der Waals surface area contributed by atoms with Crippen molar-refractivity contribution in [2.24, 2.45) is 4.99 Å². The number of rotatable bonds is 7. The summed E-state index contributed by atoms with van der Waals surface area (Å²) in [6.45, 7) is 0.755. The summed E-state index contributed by atoms with van der Waals surface area (Å²) >= 11 is 1.85. The molecule has 0 fully saturated rings. The summed E-state index contributed by atoms with van der Waals surface area (Å²) in [7, 11) is 4.83. The van der Waals surface area contributed by atoms with Crippen molar-refractivity contribution < 1.29 is 4.74 Å². The molecule has 112 valence electrons. The maximum Gasteiger partial charge on any atom is 0.158 e. The van der Waals surface area contributed by atoms with E-state index in [-0.39, 0.29) is 0 Å². The average molecular weight is 320 g/mol. The summed E-state index contributed by atoms with van der Waals surface area (Å²) < 4.78 is 5.98. The Morgan fingerprint density at radius 1 is 1.43 bits per heavy atom. The van der Waals surface area contributed by atoms with Gasteiger partial charge >= 0.3 is 0 Å². The Balaban J connectivity index is 2.24. The number of thioether (sulfide) groups is 1. The van der Waals surface area contributed by atoms with E-state index in [2.05, 4.69) is 25.5 Å². The molecule has 1 aliphatic rings. The third-order valence-electron chi connectivity index (χ3n) is 3.20. The van der Waals surface area contributed by atoms with Gasteiger partial charge in [-0.2, -0.15) is 11.8 Å². The van der Waals surface area contributed by atoms with Gasteiger partial charge in [0.05, 0.1) is 17.7 Å². The first kappa shape index (κ1) is 16.4. The smallest absolute Gasteiger partial charge is 0.158 e.